The molecule has 1 rings (SSSR count). The van der Waals surface area contributed by atoms with E-state index in [1.165, 1.54) is 0 Å². The van der Waals surface area contributed by atoms with Crippen molar-refractivity contribution < 1.29 is 0 Å². The van der Waals surface area contributed by atoms with E-state index in [1.54, 1.807) is 6.21 Å². The first-order chi connectivity index (χ1) is 8.63. The molecule has 0 N–H and O–H groups in total. The summed E-state index contributed by atoms with van der Waals surface area (Å²) in [5.41, 5.74) is 1.78. The van der Waals surface area contributed by atoms with Crippen LogP contribution in [-0.4, -0.2) is 43.4 Å². The van der Waals surface area contributed by atoms with E-state index in [4.69, 9.17) is 0 Å². The lowest BCUT2D eigenvalue weighted by Crippen LogP contribution is -2.20. The number of benzene rings is 1. The van der Waals surface area contributed by atoms with E-state index >= 15 is 0 Å². The highest BCUT2D eigenvalue weighted by atomic mass is 15.2. The standard InChI is InChI=1S/C14H20N4/c1-5-15-14(18(3)4)16-11-12(2)17-13-9-7-6-8-10-13/h6-11H,5H2,1-4H3. The molecular formula is C14H20N4. The van der Waals surface area contributed by atoms with Gasteiger partial charge in [0.2, 0.25) is 5.96 Å². The molecule has 4 nitrogen and oxygen atoms in total. The van der Waals surface area contributed by atoms with Crippen molar-refractivity contribution in [3.63, 3.8) is 0 Å². The van der Waals surface area contributed by atoms with Crippen LogP contribution >= 0.6 is 0 Å². The van der Waals surface area contributed by atoms with Crippen LogP contribution < -0.4 is 0 Å². The predicted octanol–water partition coefficient (Wildman–Crippen LogP) is 2.79. The Labute approximate surface area is 109 Å². The van der Waals surface area contributed by atoms with Crippen LogP contribution in [0.15, 0.2) is 45.3 Å². The first-order valence-corrected chi connectivity index (χ1v) is 5.99. The Hall–Kier alpha value is -1.97. The Morgan fingerprint density at radius 3 is 2.44 bits per heavy atom. The van der Waals surface area contributed by atoms with E-state index in [-0.39, 0.29) is 0 Å². The molecule has 0 amide bonds. The first kappa shape index (κ1) is 14.1. The zero-order valence-corrected chi connectivity index (χ0v) is 11.5. The summed E-state index contributed by atoms with van der Waals surface area (Å²) in [6.45, 7) is 4.64. The minimum Gasteiger partial charge on any atom is -0.347 e. The van der Waals surface area contributed by atoms with E-state index in [2.05, 4.69) is 15.0 Å². The molecule has 0 atom stereocenters. The molecule has 0 aliphatic carbocycles. The smallest absolute Gasteiger partial charge is 0.220 e. The van der Waals surface area contributed by atoms with Crippen molar-refractivity contribution in [3.8, 4) is 0 Å². The Bertz CT molecular complexity index is 444. The summed E-state index contributed by atoms with van der Waals surface area (Å²) in [5.74, 6) is 0.708. The Balaban J connectivity index is 2.77. The molecule has 0 fully saturated rings. The average molecular weight is 244 g/mol. The third-order valence-corrected chi connectivity index (χ3v) is 2.13. The lowest BCUT2D eigenvalue weighted by atomic mass is 10.3. The lowest BCUT2D eigenvalue weighted by molar-refractivity contribution is 0.611. The number of nitrogens with zero attached hydrogens (tertiary/aromatic N) is 4. The van der Waals surface area contributed by atoms with Gasteiger partial charge in [-0.1, -0.05) is 18.2 Å². The molecule has 0 aliphatic rings. The summed E-state index contributed by atoms with van der Waals surface area (Å²) in [7, 11) is 3.85. The average Bonchev–Trinajstić information content (AvgIpc) is 2.35. The molecule has 0 spiro atoms. The van der Waals surface area contributed by atoms with Crippen LogP contribution in [0.2, 0.25) is 0 Å². The fourth-order valence-electron chi connectivity index (χ4n) is 1.33. The minimum atomic E-state index is 0.708. The lowest BCUT2D eigenvalue weighted by Gasteiger charge is -2.10. The van der Waals surface area contributed by atoms with Crippen molar-refractivity contribution in [2.45, 2.75) is 13.8 Å². The van der Waals surface area contributed by atoms with Crippen LogP contribution in [-0.2, 0) is 0 Å². The molecule has 4 heteroatoms. The maximum Gasteiger partial charge on any atom is 0.220 e. The highest BCUT2D eigenvalue weighted by Crippen LogP contribution is 2.09. The molecule has 0 heterocycles. The molecule has 96 valence electrons. The zero-order chi connectivity index (χ0) is 13.4. The summed E-state index contributed by atoms with van der Waals surface area (Å²) < 4.78 is 0. The summed E-state index contributed by atoms with van der Waals surface area (Å²) in [4.78, 5) is 15.0. The van der Waals surface area contributed by atoms with Crippen molar-refractivity contribution in [3.05, 3.63) is 30.3 Å². The summed E-state index contributed by atoms with van der Waals surface area (Å²) in [6.07, 6.45) is 1.74. The second kappa shape index (κ2) is 7.37. The largest absolute Gasteiger partial charge is 0.347 e. The number of guanidine groups is 1. The Morgan fingerprint density at radius 2 is 1.89 bits per heavy atom. The fraction of sp³-hybridized carbons (Fsp3) is 0.357. The summed E-state index contributed by atoms with van der Waals surface area (Å²) >= 11 is 0. The molecular weight excluding hydrogens is 224 g/mol. The van der Waals surface area contributed by atoms with Crippen LogP contribution in [0.25, 0.3) is 0 Å². The quantitative estimate of drug-likeness (QED) is 0.595. The van der Waals surface area contributed by atoms with Gasteiger partial charge in [-0.25, -0.2) is 4.99 Å². The van der Waals surface area contributed by atoms with Crippen molar-refractivity contribution in [1.29, 1.82) is 0 Å². The normalized spacial score (nSPS) is 13.1. The Kier molecular flexibility index (Phi) is 5.77. The first-order valence-electron chi connectivity index (χ1n) is 5.99. The molecule has 1 aromatic carbocycles. The van der Waals surface area contributed by atoms with Gasteiger partial charge in [0, 0.05) is 20.6 Å². The van der Waals surface area contributed by atoms with Gasteiger partial charge in [-0.3, -0.25) is 9.98 Å². The monoisotopic (exact) mass is 244 g/mol. The molecule has 18 heavy (non-hydrogen) atoms. The van der Waals surface area contributed by atoms with E-state index in [1.807, 2.05) is 63.2 Å². The number of hydrogen-bond donors (Lipinski definition) is 0. The minimum absolute atomic E-state index is 0.708. The highest BCUT2D eigenvalue weighted by molar-refractivity contribution is 6.31. The van der Waals surface area contributed by atoms with E-state index in [0.29, 0.717) is 5.96 Å². The molecule has 0 saturated carbocycles. The van der Waals surface area contributed by atoms with Crippen LogP contribution in [0, 0.1) is 0 Å². The topological polar surface area (TPSA) is 40.3 Å². The SMILES string of the molecule is CCN=C(N=CC(C)=Nc1ccccc1)N(C)C. The van der Waals surface area contributed by atoms with Gasteiger partial charge in [0.15, 0.2) is 0 Å². The maximum atomic E-state index is 4.44. The predicted molar refractivity (Wildman–Crippen MR) is 79.4 cm³/mol. The molecule has 0 radical (unpaired) electrons. The summed E-state index contributed by atoms with van der Waals surface area (Å²) in [6, 6.07) is 9.83. The van der Waals surface area contributed by atoms with E-state index in [0.717, 1.165) is 17.9 Å². The van der Waals surface area contributed by atoms with Gasteiger partial charge < -0.3 is 4.90 Å². The van der Waals surface area contributed by atoms with Crippen LogP contribution in [0.3, 0.4) is 0 Å². The fourth-order valence-corrected chi connectivity index (χ4v) is 1.33. The molecule has 0 aromatic heterocycles. The Morgan fingerprint density at radius 1 is 1.22 bits per heavy atom. The number of para-hydroxylation sites is 1. The number of hydrogen-bond acceptors (Lipinski definition) is 2. The van der Waals surface area contributed by atoms with Crippen LogP contribution in [0.4, 0.5) is 5.69 Å². The van der Waals surface area contributed by atoms with Gasteiger partial charge in [-0.15, -0.1) is 0 Å². The van der Waals surface area contributed by atoms with Gasteiger partial charge in [0.1, 0.15) is 0 Å². The molecule has 0 unspecified atom stereocenters. The van der Waals surface area contributed by atoms with Crippen molar-refractivity contribution in [1.82, 2.24) is 4.90 Å². The van der Waals surface area contributed by atoms with Gasteiger partial charge in [-0.05, 0) is 26.0 Å². The number of rotatable bonds is 3. The van der Waals surface area contributed by atoms with Crippen LogP contribution in [0.5, 0.6) is 0 Å². The van der Waals surface area contributed by atoms with Gasteiger partial charge >= 0.3 is 0 Å². The third kappa shape index (κ3) is 4.91. The van der Waals surface area contributed by atoms with E-state index in [9.17, 15) is 0 Å². The molecule has 0 bridgehead atoms. The van der Waals surface area contributed by atoms with Crippen molar-refractivity contribution in [2.24, 2.45) is 15.0 Å². The van der Waals surface area contributed by atoms with Crippen LogP contribution in [0.1, 0.15) is 13.8 Å². The highest BCUT2D eigenvalue weighted by Gasteiger charge is 1.97. The number of aliphatic imine (C=N–C) groups is 3. The maximum absolute atomic E-state index is 4.44. The van der Waals surface area contributed by atoms with Gasteiger partial charge in [-0.2, -0.15) is 0 Å². The van der Waals surface area contributed by atoms with Gasteiger partial charge in [0.25, 0.3) is 0 Å². The second-order valence-electron chi connectivity index (χ2n) is 4.02. The summed E-state index contributed by atoms with van der Waals surface area (Å²) in [5, 5.41) is 0. The molecule has 0 aliphatic heterocycles. The van der Waals surface area contributed by atoms with Crippen molar-refractivity contribution >= 4 is 23.6 Å². The third-order valence-electron chi connectivity index (χ3n) is 2.13. The molecule has 1 aromatic rings. The second-order valence-corrected chi connectivity index (χ2v) is 4.02. The van der Waals surface area contributed by atoms with Crippen molar-refractivity contribution in [2.75, 3.05) is 20.6 Å². The zero-order valence-electron chi connectivity index (χ0n) is 11.5. The molecule has 0 saturated heterocycles. The van der Waals surface area contributed by atoms with E-state index < -0.39 is 0 Å². The van der Waals surface area contributed by atoms with Gasteiger partial charge in [0.05, 0.1) is 17.6 Å².